The van der Waals surface area contributed by atoms with Gasteiger partial charge in [0.05, 0.1) is 18.4 Å². The number of carbonyl (C=O) groups excluding carboxylic acids is 1. The first kappa shape index (κ1) is 13.6. The maximum atomic E-state index is 11.2. The molecule has 0 spiro atoms. The summed E-state index contributed by atoms with van der Waals surface area (Å²) in [5, 5.41) is 0. The van der Waals surface area contributed by atoms with Crippen molar-refractivity contribution < 1.29 is 9.53 Å². The van der Waals surface area contributed by atoms with Gasteiger partial charge in [0.15, 0.2) is 0 Å². The Morgan fingerprint density at radius 1 is 1.41 bits per heavy atom. The van der Waals surface area contributed by atoms with Crippen LogP contribution in [-0.2, 0) is 11.3 Å². The Balaban J connectivity index is 2.64. The van der Waals surface area contributed by atoms with Crippen molar-refractivity contribution in [2.45, 2.75) is 26.8 Å². The summed E-state index contributed by atoms with van der Waals surface area (Å²) in [4.78, 5) is 17.8. The third-order valence-corrected chi connectivity index (χ3v) is 2.62. The molecule has 0 aliphatic carbocycles. The van der Waals surface area contributed by atoms with Gasteiger partial charge in [0.2, 0.25) is 0 Å². The van der Waals surface area contributed by atoms with Crippen LogP contribution in [0.4, 0.5) is 0 Å². The SMILES string of the molecule is CCCN(CC)Cc1ccc(C(=O)OC)cn1. The normalized spacial score (nSPS) is 10.6. The van der Waals surface area contributed by atoms with Crippen molar-refractivity contribution in [1.82, 2.24) is 9.88 Å². The van der Waals surface area contributed by atoms with E-state index in [1.54, 1.807) is 12.3 Å². The van der Waals surface area contributed by atoms with Gasteiger partial charge in [-0.1, -0.05) is 13.8 Å². The third kappa shape index (κ3) is 4.15. The minimum absolute atomic E-state index is 0.343. The summed E-state index contributed by atoms with van der Waals surface area (Å²) in [5.41, 5.74) is 1.47. The molecule has 4 nitrogen and oxygen atoms in total. The Labute approximate surface area is 103 Å². The van der Waals surface area contributed by atoms with Crippen LogP contribution in [0, 0.1) is 0 Å². The van der Waals surface area contributed by atoms with E-state index in [2.05, 4.69) is 28.5 Å². The van der Waals surface area contributed by atoms with Gasteiger partial charge in [-0.05, 0) is 31.6 Å². The Kier molecular flexibility index (Phi) is 5.63. The van der Waals surface area contributed by atoms with E-state index >= 15 is 0 Å². The molecule has 0 amide bonds. The van der Waals surface area contributed by atoms with E-state index in [1.807, 2.05) is 6.07 Å². The van der Waals surface area contributed by atoms with E-state index in [0.717, 1.165) is 31.7 Å². The molecule has 1 heterocycles. The molecule has 0 saturated carbocycles. The van der Waals surface area contributed by atoms with Crippen LogP contribution in [0.2, 0.25) is 0 Å². The zero-order chi connectivity index (χ0) is 12.7. The van der Waals surface area contributed by atoms with Gasteiger partial charge in [-0.15, -0.1) is 0 Å². The Hall–Kier alpha value is -1.42. The summed E-state index contributed by atoms with van der Waals surface area (Å²) in [6, 6.07) is 3.64. The third-order valence-electron chi connectivity index (χ3n) is 2.62. The largest absolute Gasteiger partial charge is 0.465 e. The quantitative estimate of drug-likeness (QED) is 0.709. The maximum Gasteiger partial charge on any atom is 0.339 e. The standard InChI is InChI=1S/C13H20N2O2/c1-4-8-15(5-2)10-12-7-6-11(9-14-12)13(16)17-3/h6-7,9H,4-5,8,10H2,1-3H3. The molecule has 0 saturated heterocycles. The molecular weight excluding hydrogens is 216 g/mol. The molecule has 0 aromatic carbocycles. The van der Waals surface area contributed by atoms with Gasteiger partial charge in [0.25, 0.3) is 0 Å². The number of ether oxygens (including phenoxy) is 1. The van der Waals surface area contributed by atoms with E-state index < -0.39 is 0 Å². The van der Waals surface area contributed by atoms with E-state index in [9.17, 15) is 4.79 Å². The molecule has 0 unspecified atom stereocenters. The number of nitrogens with zero attached hydrogens (tertiary/aromatic N) is 2. The first-order chi connectivity index (χ1) is 8.21. The lowest BCUT2D eigenvalue weighted by Crippen LogP contribution is -2.24. The van der Waals surface area contributed by atoms with Gasteiger partial charge in [-0.3, -0.25) is 9.88 Å². The monoisotopic (exact) mass is 236 g/mol. The van der Waals surface area contributed by atoms with Gasteiger partial charge < -0.3 is 4.74 Å². The van der Waals surface area contributed by atoms with Gasteiger partial charge in [0, 0.05) is 12.7 Å². The van der Waals surface area contributed by atoms with Crippen LogP contribution >= 0.6 is 0 Å². The lowest BCUT2D eigenvalue weighted by atomic mass is 10.2. The number of rotatable bonds is 6. The molecule has 4 heteroatoms. The molecular formula is C13H20N2O2. The summed E-state index contributed by atoms with van der Waals surface area (Å²) in [6.07, 6.45) is 2.70. The fourth-order valence-corrected chi connectivity index (χ4v) is 1.65. The van der Waals surface area contributed by atoms with Gasteiger partial charge in [-0.25, -0.2) is 4.79 Å². The smallest absolute Gasteiger partial charge is 0.339 e. The van der Waals surface area contributed by atoms with Crippen LogP contribution in [0.1, 0.15) is 36.3 Å². The molecule has 0 bridgehead atoms. The average molecular weight is 236 g/mol. The number of pyridine rings is 1. The van der Waals surface area contributed by atoms with E-state index in [0.29, 0.717) is 5.56 Å². The zero-order valence-electron chi connectivity index (χ0n) is 10.8. The van der Waals surface area contributed by atoms with Crippen LogP contribution in [0.25, 0.3) is 0 Å². The van der Waals surface area contributed by atoms with Crippen molar-refractivity contribution >= 4 is 5.97 Å². The van der Waals surface area contributed by atoms with E-state index in [1.165, 1.54) is 7.11 Å². The van der Waals surface area contributed by atoms with Crippen LogP contribution in [-0.4, -0.2) is 36.1 Å². The average Bonchev–Trinajstić information content (AvgIpc) is 2.38. The Morgan fingerprint density at radius 2 is 2.18 bits per heavy atom. The second kappa shape index (κ2) is 7.01. The number of carbonyl (C=O) groups is 1. The second-order valence-corrected chi connectivity index (χ2v) is 3.90. The predicted molar refractivity (Wildman–Crippen MR) is 66.8 cm³/mol. The van der Waals surface area contributed by atoms with Crippen LogP contribution in [0.3, 0.4) is 0 Å². The van der Waals surface area contributed by atoms with Crippen LogP contribution < -0.4 is 0 Å². The minimum Gasteiger partial charge on any atom is -0.465 e. The fourth-order valence-electron chi connectivity index (χ4n) is 1.65. The highest BCUT2D eigenvalue weighted by Crippen LogP contribution is 2.05. The van der Waals surface area contributed by atoms with E-state index in [4.69, 9.17) is 0 Å². The summed E-state index contributed by atoms with van der Waals surface area (Å²) >= 11 is 0. The topological polar surface area (TPSA) is 42.4 Å². The number of hydrogen-bond acceptors (Lipinski definition) is 4. The van der Waals surface area contributed by atoms with Gasteiger partial charge in [0.1, 0.15) is 0 Å². The molecule has 17 heavy (non-hydrogen) atoms. The van der Waals surface area contributed by atoms with Crippen molar-refractivity contribution in [3.63, 3.8) is 0 Å². The summed E-state index contributed by atoms with van der Waals surface area (Å²) in [6.45, 7) is 7.20. The first-order valence-corrected chi connectivity index (χ1v) is 5.96. The van der Waals surface area contributed by atoms with Crippen molar-refractivity contribution in [3.8, 4) is 0 Å². The van der Waals surface area contributed by atoms with E-state index in [-0.39, 0.29) is 5.97 Å². The predicted octanol–water partition coefficient (Wildman–Crippen LogP) is 2.10. The molecule has 94 valence electrons. The molecule has 1 rings (SSSR count). The number of aromatic nitrogens is 1. The van der Waals surface area contributed by atoms with Crippen molar-refractivity contribution in [1.29, 1.82) is 0 Å². The van der Waals surface area contributed by atoms with Crippen LogP contribution in [0.15, 0.2) is 18.3 Å². The highest BCUT2D eigenvalue weighted by Gasteiger charge is 2.07. The molecule has 1 aromatic rings. The molecule has 0 aliphatic heterocycles. The second-order valence-electron chi connectivity index (χ2n) is 3.90. The molecule has 1 aromatic heterocycles. The first-order valence-electron chi connectivity index (χ1n) is 5.96. The summed E-state index contributed by atoms with van der Waals surface area (Å²) in [7, 11) is 1.37. The van der Waals surface area contributed by atoms with Crippen LogP contribution in [0.5, 0.6) is 0 Å². The highest BCUT2D eigenvalue weighted by atomic mass is 16.5. The lowest BCUT2D eigenvalue weighted by Gasteiger charge is -2.18. The molecule has 0 N–H and O–H groups in total. The number of esters is 1. The van der Waals surface area contributed by atoms with Crippen molar-refractivity contribution in [2.75, 3.05) is 20.2 Å². The Morgan fingerprint density at radius 3 is 2.65 bits per heavy atom. The molecule has 0 fully saturated rings. The van der Waals surface area contributed by atoms with Gasteiger partial charge in [-0.2, -0.15) is 0 Å². The summed E-state index contributed by atoms with van der Waals surface area (Å²) in [5.74, 6) is -0.343. The Bertz CT molecular complexity index is 349. The fraction of sp³-hybridized carbons (Fsp3) is 0.538. The van der Waals surface area contributed by atoms with Crippen molar-refractivity contribution in [2.24, 2.45) is 0 Å². The summed E-state index contributed by atoms with van der Waals surface area (Å²) < 4.78 is 4.63. The van der Waals surface area contributed by atoms with Crippen molar-refractivity contribution in [3.05, 3.63) is 29.6 Å². The zero-order valence-corrected chi connectivity index (χ0v) is 10.8. The number of hydrogen-bond donors (Lipinski definition) is 0. The number of methoxy groups -OCH3 is 1. The molecule has 0 radical (unpaired) electrons. The minimum atomic E-state index is -0.343. The lowest BCUT2D eigenvalue weighted by molar-refractivity contribution is 0.0600. The highest BCUT2D eigenvalue weighted by molar-refractivity contribution is 5.88. The maximum absolute atomic E-state index is 11.2. The molecule has 0 aliphatic rings. The molecule has 0 atom stereocenters. The van der Waals surface area contributed by atoms with Gasteiger partial charge >= 0.3 is 5.97 Å².